The smallest absolute Gasteiger partial charge is 0.167 e. The van der Waals surface area contributed by atoms with E-state index in [9.17, 15) is 8.78 Å². The van der Waals surface area contributed by atoms with Crippen LogP contribution < -0.4 is 10.5 Å². The van der Waals surface area contributed by atoms with Gasteiger partial charge in [0, 0.05) is 24.6 Å². The van der Waals surface area contributed by atoms with Gasteiger partial charge in [0.25, 0.3) is 0 Å². The Hall–Kier alpha value is -1.85. The van der Waals surface area contributed by atoms with Gasteiger partial charge in [0.05, 0.1) is 18.2 Å². The highest BCUT2D eigenvalue weighted by atomic mass is 35.5. The predicted molar refractivity (Wildman–Crippen MR) is 84.6 cm³/mol. The summed E-state index contributed by atoms with van der Waals surface area (Å²) >= 11 is 5.75. The zero-order valence-electron chi connectivity index (χ0n) is 12.3. The van der Waals surface area contributed by atoms with E-state index in [4.69, 9.17) is 26.8 Å². The maximum absolute atomic E-state index is 14.1. The molecule has 0 atom stereocenters. The molecule has 2 aromatic carbocycles. The topological polar surface area (TPSA) is 44.5 Å². The molecular formula is C17H16ClF2NO2. The Bertz CT molecular complexity index is 718. The molecule has 1 aliphatic rings. The molecule has 0 amide bonds. The van der Waals surface area contributed by atoms with Gasteiger partial charge in [0.2, 0.25) is 0 Å². The third-order valence-electron chi connectivity index (χ3n) is 4.01. The number of halogens is 3. The largest absolute Gasteiger partial charge is 0.479 e. The van der Waals surface area contributed by atoms with Crippen LogP contribution in [-0.4, -0.2) is 13.2 Å². The molecule has 1 fully saturated rings. The summed E-state index contributed by atoms with van der Waals surface area (Å²) in [5, 5.41) is 0.0367. The Kier molecular flexibility index (Phi) is 4.41. The first-order valence-corrected chi connectivity index (χ1v) is 7.65. The summed E-state index contributed by atoms with van der Waals surface area (Å²) in [5.74, 6) is -1.00. The van der Waals surface area contributed by atoms with E-state index in [1.807, 2.05) is 0 Å². The van der Waals surface area contributed by atoms with Crippen molar-refractivity contribution in [2.45, 2.75) is 18.4 Å². The minimum absolute atomic E-state index is 0.0367. The lowest BCUT2D eigenvalue weighted by atomic mass is 9.86. The van der Waals surface area contributed by atoms with Crippen molar-refractivity contribution in [3.8, 4) is 5.75 Å². The number of rotatable bonds is 3. The molecule has 3 nitrogen and oxygen atoms in total. The summed E-state index contributed by atoms with van der Waals surface area (Å²) in [7, 11) is 0. The van der Waals surface area contributed by atoms with E-state index < -0.39 is 17.2 Å². The zero-order chi connectivity index (χ0) is 16.4. The van der Waals surface area contributed by atoms with Crippen molar-refractivity contribution >= 4 is 17.3 Å². The first kappa shape index (κ1) is 16.0. The molecule has 2 N–H and O–H groups in total. The van der Waals surface area contributed by atoms with Gasteiger partial charge >= 0.3 is 0 Å². The maximum atomic E-state index is 14.1. The quantitative estimate of drug-likeness (QED) is 0.849. The van der Waals surface area contributed by atoms with Crippen LogP contribution >= 0.6 is 11.6 Å². The Labute approximate surface area is 138 Å². The first-order valence-electron chi connectivity index (χ1n) is 7.27. The molecule has 0 radical (unpaired) electrons. The normalized spacial score (nSPS) is 17.0. The summed E-state index contributed by atoms with van der Waals surface area (Å²) in [6, 6.07) is 8.76. The van der Waals surface area contributed by atoms with Gasteiger partial charge in [0.15, 0.2) is 11.6 Å². The minimum atomic E-state index is -0.860. The average Bonchev–Trinajstić information content (AvgIpc) is 2.54. The van der Waals surface area contributed by atoms with Crippen molar-refractivity contribution < 1.29 is 18.3 Å². The van der Waals surface area contributed by atoms with Crippen LogP contribution in [0.4, 0.5) is 14.5 Å². The van der Waals surface area contributed by atoms with Gasteiger partial charge in [-0.1, -0.05) is 17.7 Å². The second kappa shape index (κ2) is 6.34. The Morgan fingerprint density at radius 2 is 1.78 bits per heavy atom. The van der Waals surface area contributed by atoms with E-state index in [1.165, 1.54) is 24.3 Å². The van der Waals surface area contributed by atoms with Crippen LogP contribution in [0.15, 0.2) is 36.4 Å². The SMILES string of the molecule is Nc1ccc(OC2(c3ccc(Cl)c(F)c3)CCOCC2)c(F)c1. The highest BCUT2D eigenvalue weighted by molar-refractivity contribution is 6.30. The van der Waals surface area contributed by atoms with E-state index in [1.54, 1.807) is 12.1 Å². The molecule has 0 saturated carbocycles. The van der Waals surface area contributed by atoms with Gasteiger partial charge in [-0.25, -0.2) is 8.78 Å². The van der Waals surface area contributed by atoms with Crippen molar-refractivity contribution in [1.82, 2.24) is 0 Å². The fourth-order valence-electron chi connectivity index (χ4n) is 2.74. The average molecular weight is 340 g/mol. The Morgan fingerprint density at radius 1 is 1.04 bits per heavy atom. The number of anilines is 1. The Morgan fingerprint density at radius 3 is 2.43 bits per heavy atom. The molecule has 0 spiro atoms. The van der Waals surface area contributed by atoms with Gasteiger partial charge in [-0.15, -0.1) is 0 Å². The van der Waals surface area contributed by atoms with Crippen LogP contribution in [0, 0.1) is 11.6 Å². The molecule has 2 aromatic rings. The molecule has 1 saturated heterocycles. The van der Waals surface area contributed by atoms with E-state index in [0.29, 0.717) is 37.3 Å². The van der Waals surface area contributed by atoms with Crippen LogP contribution in [-0.2, 0) is 10.3 Å². The fraction of sp³-hybridized carbons (Fsp3) is 0.294. The molecule has 23 heavy (non-hydrogen) atoms. The second-order valence-electron chi connectivity index (χ2n) is 5.53. The van der Waals surface area contributed by atoms with Crippen molar-refractivity contribution in [3.05, 3.63) is 58.6 Å². The molecule has 0 aliphatic carbocycles. The summed E-state index contributed by atoms with van der Waals surface area (Å²) < 4.78 is 39.3. The lowest BCUT2D eigenvalue weighted by Gasteiger charge is -2.38. The van der Waals surface area contributed by atoms with Crippen LogP contribution in [0.5, 0.6) is 5.75 Å². The zero-order valence-corrected chi connectivity index (χ0v) is 13.1. The first-order chi connectivity index (χ1) is 11.0. The number of hydrogen-bond donors (Lipinski definition) is 1. The maximum Gasteiger partial charge on any atom is 0.167 e. The number of nitrogens with two attached hydrogens (primary N) is 1. The van der Waals surface area contributed by atoms with Crippen LogP contribution in [0.2, 0.25) is 5.02 Å². The van der Waals surface area contributed by atoms with Crippen molar-refractivity contribution in [3.63, 3.8) is 0 Å². The monoisotopic (exact) mass is 339 g/mol. The van der Waals surface area contributed by atoms with Crippen LogP contribution in [0.3, 0.4) is 0 Å². The predicted octanol–water partition coefficient (Wildman–Crippen LogP) is 4.29. The highest BCUT2D eigenvalue weighted by Gasteiger charge is 2.38. The molecule has 122 valence electrons. The molecule has 0 bridgehead atoms. The molecule has 6 heteroatoms. The number of benzene rings is 2. The summed E-state index contributed by atoms with van der Waals surface area (Å²) in [6.45, 7) is 0.891. The number of hydrogen-bond acceptors (Lipinski definition) is 3. The second-order valence-corrected chi connectivity index (χ2v) is 5.93. The summed E-state index contributed by atoms with van der Waals surface area (Å²) in [5.41, 5.74) is 5.62. The highest BCUT2D eigenvalue weighted by Crippen LogP contribution is 2.39. The lowest BCUT2D eigenvalue weighted by molar-refractivity contribution is -0.0519. The number of nitrogen functional groups attached to an aromatic ring is 1. The van der Waals surface area contributed by atoms with E-state index in [0.717, 1.165) is 0 Å². The molecule has 1 heterocycles. The summed E-state index contributed by atoms with van der Waals surface area (Å²) in [6.07, 6.45) is 0.968. The van der Waals surface area contributed by atoms with Gasteiger partial charge in [0.1, 0.15) is 11.4 Å². The van der Waals surface area contributed by atoms with Gasteiger partial charge in [-0.3, -0.25) is 0 Å². The van der Waals surface area contributed by atoms with Crippen molar-refractivity contribution in [2.75, 3.05) is 18.9 Å². The van der Waals surface area contributed by atoms with Crippen LogP contribution in [0.1, 0.15) is 18.4 Å². The van der Waals surface area contributed by atoms with Gasteiger partial charge < -0.3 is 15.2 Å². The third-order valence-corrected chi connectivity index (χ3v) is 4.31. The molecule has 3 rings (SSSR count). The third kappa shape index (κ3) is 3.26. The van der Waals surface area contributed by atoms with Crippen molar-refractivity contribution in [2.24, 2.45) is 0 Å². The molecule has 0 unspecified atom stereocenters. The standard InChI is InChI=1S/C17H16ClF2NO2/c18-13-3-1-11(9-14(13)19)17(5-7-22-8-6-17)23-16-4-2-12(21)10-15(16)20/h1-4,9-10H,5-8,21H2. The fourth-order valence-corrected chi connectivity index (χ4v) is 2.86. The van der Waals surface area contributed by atoms with Crippen LogP contribution in [0.25, 0.3) is 0 Å². The van der Waals surface area contributed by atoms with Gasteiger partial charge in [-0.2, -0.15) is 0 Å². The van der Waals surface area contributed by atoms with E-state index in [-0.39, 0.29) is 10.8 Å². The number of ether oxygens (including phenoxy) is 2. The lowest BCUT2D eigenvalue weighted by Crippen LogP contribution is -2.39. The van der Waals surface area contributed by atoms with Gasteiger partial charge in [-0.05, 0) is 29.8 Å². The van der Waals surface area contributed by atoms with E-state index in [2.05, 4.69) is 0 Å². The molecule has 0 aromatic heterocycles. The molecule has 1 aliphatic heterocycles. The minimum Gasteiger partial charge on any atom is -0.479 e. The molecular weight excluding hydrogens is 324 g/mol. The van der Waals surface area contributed by atoms with E-state index >= 15 is 0 Å². The van der Waals surface area contributed by atoms with Crippen molar-refractivity contribution in [1.29, 1.82) is 0 Å². The summed E-state index contributed by atoms with van der Waals surface area (Å²) in [4.78, 5) is 0. The Balaban J connectivity index is 2.00.